The molecule has 106 valence electrons. The lowest BCUT2D eigenvalue weighted by Crippen LogP contribution is -2.27. The predicted octanol–water partition coefficient (Wildman–Crippen LogP) is 3.87. The number of hydrogen-bond acceptors (Lipinski definition) is 3. The summed E-state index contributed by atoms with van der Waals surface area (Å²) < 4.78 is 5.50. The molecule has 2 aromatic rings. The molecule has 0 spiro atoms. The molecule has 0 bridgehead atoms. The number of benzene rings is 1. The summed E-state index contributed by atoms with van der Waals surface area (Å²) in [4.78, 5) is 13.0. The van der Waals surface area contributed by atoms with Crippen molar-refractivity contribution in [2.45, 2.75) is 31.7 Å². The van der Waals surface area contributed by atoms with Gasteiger partial charge in [0.1, 0.15) is 11.5 Å². The highest BCUT2D eigenvalue weighted by atomic mass is 32.2. The van der Waals surface area contributed by atoms with E-state index in [9.17, 15) is 4.79 Å². The zero-order chi connectivity index (χ0) is 14.5. The topological polar surface area (TPSA) is 42.2 Å². The van der Waals surface area contributed by atoms with Crippen LogP contribution in [0.2, 0.25) is 0 Å². The third-order valence-corrected chi connectivity index (χ3v) is 3.97. The van der Waals surface area contributed by atoms with Gasteiger partial charge in [0.05, 0.1) is 11.8 Å². The molecule has 1 N–H and O–H groups in total. The Hall–Kier alpha value is -1.68. The van der Waals surface area contributed by atoms with Gasteiger partial charge < -0.3 is 9.73 Å². The monoisotopic (exact) mass is 289 g/mol. The molecule has 0 aliphatic heterocycles. The van der Waals surface area contributed by atoms with Crippen LogP contribution in [0.25, 0.3) is 0 Å². The van der Waals surface area contributed by atoms with Crippen LogP contribution in [0.5, 0.6) is 0 Å². The van der Waals surface area contributed by atoms with Crippen LogP contribution in [0.3, 0.4) is 0 Å². The van der Waals surface area contributed by atoms with Crippen molar-refractivity contribution in [3.8, 4) is 0 Å². The lowest BCUT2D eigenvalue weighted by Gasteiger charge is -2.11. The van der Waals surface area contributed by atoms with Crippen molar-refractivity contribution in [3.63, 3.8) is 0 Å². The van der Waals surface area contributed by atoms with E-state index in [4.69, 9.17) is 4.42 Å². The van der Waals surface area contributed by atoms with Crippen LogP contribution < -0.4 is 5.32 Å². The second-order valence-corrected chi connectivity index (χ2v) is 5.89. The standard InChI is InChI=1S/C16H19NO2S/c1-11-4-7-14(8-5-11)20-10-16(18)17-13(3)15-9-6-12(2)19-15/h4-9,13H,10H2,1-3H3,(H,17,18). The van der Waals surface area contributed by atoms with Crippen LogP contribution >= 0.6 is 11.8 Å². The van der Waals surface area contributed by atoms with E-state index in [-0.39, 0.29) is 11.9 Å². The highest BCUT2D eigenvalue weighted by Gasteiger charge is 2.12. The van der Waals surface area contributed by atoms with E-state index in [1.54, 1.807) is 0 Å². The van der Waals surface area contributed by atoms with Gasteiger partial charge >= 0.3 is 0 Å². The average molecular weight is 289 g/mol. The molecule has 0 saturated carbocycles. The van der Waals surface area contributed by atoms with Gasteiger partial charge in [-0.15, -0.1) is 11.8 Å². The molecule has 0 fully saturated rings. The summed E-state index contributed by atoms with van der Waals surface area (Å²) in [5, 5.41) is 2.94. The van der Waals surface area contributed by atoms with E-state index in [1.807, 2.05) is 45.0 Å². The van der Waals surface area contributed by atoms with Gasteiger partial charge in [-0.05, 0) is 45.0 Å². The van der Waals surface area contributed by atoms with E-state index in [0.717, 1.165) is 16.4 Å². The van der Waals surface area contributed by atoms with Gasteiger partial charge in [0.15, 0.2) is 0 Å². The summed E-state index contributed by atoms with van der Waals surface area (Å²) in [6.45, 7) is 5.87. The molecule has 2 rings (SSSR count). The molecule has 1 amide bonds. The van der Waals surface area contributed by atoms with Crippen LogP contribution in [0.15, 0.2) is 45.7 Å². The lowest BCUT2D eigenvalue weighted by molar-refractivity contribution is -0.119. The Morgan fingerprint density at radius 1 is 1.20 bits per heavy atom. The van der Waals surface area contributed by atoms with Crippen molar-refractivity contribution in [1.82, 2.24) is 5.32 Å². The summed E-state index contributed by atoms with van der Waals surface area (Å²) in [6, 6.07) is 11.9. The molecule has 1 aromatic carbocycles. The summed E-state index contributed by atoms with van der Waals surface area (Å²) in [6.07, 6.45) is 0. The fourth-order valence-corrected chi connectivity index (χ4v) is 2.53. The summed E-state index contributed by atoms with van der Waals surface area (Å²) in [7, 11) is 0. The van der Waals surface area contributed by atoms with E-state index in [1.165, 1.54) is 17.3 Å². The highest BCUT2D eigenvalue weighted by Crippen LogP contribution is 2.19. The average Bonchev–Trinajstić information content (AvgIpc) is 2.85. The molecule has 1 unspecified atom stereocenters. The predicted molar refractivity (Wildman–Crippen MR) is 81.9 cm³/mol. The number of carbonyl (C=O) groups excluding carboxylic acids is 1. The minimum absolute atomic E-state index is 0.0112. The molecule has 0 radical (unpaired) electrons. The Balaban J connectivity index is 1.82. The van der Waals surface area contributed by atoms with Gasteiger partial charge in [0.25, 0.3) is 0 Å². The molecule has 0 saturated heterocycles. The SMILES string of the molecule is Cc1ccc(SCC(=O)NC(C)c2ccc(C)o2)cc1. The summed E-state index contributed by atoms with van der Waals surface area (Å²) in [5.74, 6) is 2.07. The van der Waals surface area contributed by atoms with Crippen LogP contribution in [0.1, 0.15) is 30.0 Å². The molecule has 0 aliphatic carbocycles. The van der Waals surface area contributed by atoms with Crippen molar-refractivity contribution in [3.05, 3.63) is 53.5 Å². The Morgan fingerprint density at radius 2 is 1.90 bits per heavy atom. The fraction of sp³-hybridized carbons (Fsp3) is 0.312. The number of furan rings is 1. The van der Waals surface area contributed by atoms with Crippen molar-refractivity contribution >= 4 is 17.7 Å². The maximum absolute atomic E-state index is 11.9. The number of hydrogen-bond donors (Lipinski definition) is 1. The first-order valence-electron chi connectivity index (χ1n) is 6.60. The number of nitrogens with one attached hydrogen (secondary N) is 1. The van der Waals surface area contributed by atoms with E-state index >= 15 is 0 Å². The molecular formula is C16H19NO2S. The smallest absolute Gasteiger partial charge is 0.230 e. The quantitative estimate of drug-likeness (QED) is 0.850. The molecule has 4 heteroatoms. The molecule has 1 heterocycles. The second-order valence-electron chi connectivity index (χ2n) is 4.84. The van der Waals surface area contributed by atoms with E-state index in [0.29, 0.717) is 5.75 Å². The van der Waals surface area contributed by atoms with Crippen molar-refractivity contribution < 1.29 is 9.21 Å². The van der Waals surface area contributed by atoms with E-state index in [2.05, 4.69) is 17.4 Å². The first-order chi connectivity index (χ1) is 9.54. The van der Waals surface area contributed by atoms with Crippen LogP contribution in [0.4, 0.5) is 0 Å². The third-order valence-electron chi connectivity index (χ3n) is 2.96. The van der Waals surface area contributed by atoms with Gasteiger partial charge in [0.2, 0.25) is 5.91 Å². The van der Waals surface area contributed by atoms with E-state index < -0.39 is 0 Å². The molecule has 0 aliphatic rings. The van der Waals surface area contributed by atoms with Crippen LogP contribution in [-0.4, -0.2) is 11.7 Å². The molecule has 20 heavy (non-hydrogen) atoms. The summed E-state index contributed by atoms with van der Waals surface area (Å²) >= 11 is 1.54. The first kappa shape index (κ1) is 14.7. The van der Waals surface area contributed by atoms with Gasteiger partial charge in [-0.3, -0.25) is 4.79 Å². The third kappa shape index (κ3) is 4.17. The lowest BCUT2D eigenvalue weighted by atomic mass is 10.2. The molecule has 3 nitrogen and oxygen atoms in total. The number of rotatable bonds is 5. The van der Waals surface area contributed by atoms with Gasteiger partial charge in [0, 0.05) is 4.90 Å². The molecule has 1 atom stereocenters. The Morgan fingerprint density at radius 3 is 2.50 bits per heavy atom. The van der Waals surface area contributed by atoms with Gasteiger partial charge in [-0.2, -0.15) is 0 Å². The minimum Gasteiger partial charge on any atom is -0.464 e. The van der Waals surface area contributed by atoms with Crippen LogP contribution in [-0.2, 0) is 4.79 Å². The van der Waals surface area contributed by atoms with Crippen molar-refractivity contribution in [2.75, 3.05) is 5.75 Å². The van der Waals surface area contributed by atoms with Crippen LogP contribution in [0, 0.1) is 13.8 Å². The highest BCUT2D eigenvalue weighted by molar-refractivity contribution is 8.00. The Labute approximate surface area is 123 Å². The van der Waals surface area contributed by atoms with Crippen molar-refractivity contribution in [2.24, 2.45) is 0 Å². The van der Waals surface area contributed by atoms with Gasteiger partial charge in [-0.1, -0.05) is 17.7 Å². The molecule has 1 aromatic heterocycles. The normalized spacial score (nSPS) is 12.2. The fourth-order valence-electron chi connectivity index (χ4n) is 1.82. The van der Waals surface area contributed by atoms with Gasteiger partial charge in [-0.25, -0.2) is 0 Å². The first-order valence-corrected chi connectivity index (χ1v) is 7.58. The number of carbonyl (C=O) groups is 1. The number of thioether (sulfide) groups is 1. The minimum atomic E-state index is -0.102. The maximum atomic E-state index is 11.9. The zero-order valence-electron chi connectivity index (χ0n) is 12.0. The second kappa shape index (κ2) is 6.66. The summed E-state index contributed by atoms with van der Waals surface area (Å²) in [5.41, 5.74) is 1.22. The Bertz CT molecular complexity index is 574. The Kier molecular flexibility index (Phi) is 4.90. The van der Waals surface area contributed by atoms with Crippen molar-refractivity contribution in [1.29, 1.82) is 0 Å². The molecular weight excluding hydrogens is 270 g/mol. The largest absolute Gasteiger partial charge is 0.464 e. The zero-order valence-corrected chi connectivity index (χ0v) is 12.8. The number of amides is 1. The number of aryl methyl sites for hydroxylation is 2. The maximum Gasteiger partial charge on any atom is 0.230 e.